The first-order chi connectivity index (χ1) is 13.5. The van der Waals surface area contributed by atoms with Crippen LogP contribution in [0.2, 0.25) is 0 Å². The Morgan fingerprint density at radius 1 is 1.32 bits per heavy atom. The van der Waals surface area contributed by atoms with Crippen molar-refractivity contribution in [2.45, 2.75) is 38.5 Å². The quantitative estimate of drug-likeness (QED) is 0.773. The molecular weight excluding hydrogens is 364 g/mol. The number of hydrogen-bond donors (Lipinski definition) is 2. The minimum absolute atomic E-state index is 0.266. The fourth-order valence-electron chi connectivity index (χ4n) is 3.87. The van der Waals surface area contributed by atoms with Crippen molar-refractivity contribution in [3.05, 3.63) is 23.0 Å². The molecule has 2 aliphatic heterocycles. The summed E-state index contributed by atoms with van der Waals surface area (Å²) in [7, 11) is 0. The third kappa shape index (κ3) is 3.88. The fraction of sp³-hybridized carbons (Fsp3) is 0.632. The van der Waals surface area contributed by atoms with E-state index in [4.69, 9.17) is 14.0 Å². The highest BCUT2D eigenvalue weighted by Crippen LogP contribution is 2.23. The predicted molar refractivity (Wildman–Crippen MR) is 100 cm³/mol. The molecule has 1 amide bonds. The van der Waals surface area contributed by atoms with Crippen LogP contribution in [0.3, 0.4) is 0 Å². The molecule has 2 fully saturated rings. The first-order valence-corrected chi connectivity index (χ1v) is 9.67. The summed E-state index contributed by atoms with van der Waals surface area (Å²) in [6, 6.07) is 1.34. The van der Waals surface area contributed by atoms with Crippen molar-refractivity contribution in [2.24, 2.45) is 0 Å². The van der Waals surface area contributed by atoms with Crippen LogP contribution in [0.4, 0.5) is 0 Å². The van der Waals surface area contributed by atoms with Gasteiger partial charge in [-0.1, -0.05) is 5.16 Å². The average Bonchev–Trinajstić information content (AvgIpc) is 3.05. The van der Waals surface area contributed by atoms with Gasteiger partial charge in [-0.25, -0.2) is 4.98 Å². The zero-order chi connectivity index (χ0) is 19.7. The van der Waals surface area contributed by atoms with E-state index in [1.807, 2.05) is 0 Å². The third-order valence-corrected chi connectivity index (χ3v) is 5.40. The molecule has 0 unspecified atom stereocenters. The molecule has 0 saturated carbocycles. The van der Waals surface area contributed by atoms with Crippen LogP contribution in [0.5, 0.6) is 0 Å². The number of morpholine rings is 1. The first kappa shape index (κ1) is 19.3. The van der Waals surface area contributed by atoms with Gasteiger partial charge in [0.15, 0.2) is 0 Å². The van der Waals surface area contributed by atoms with E-state index in [0.29, 0.717) is 60.8 Å². The van der Waals surface area contributed by atoms with Crippen LogP contribution in [0.1, 0.15) is 28.2 Å². The van der Waals surface area contributed by atoms with Crippen LogP contribution < -0.4 is 5.32 Å². The summed E-state index contributed by atoms with van der Waals surface area (Å²) >= 11 is 0. The Morgan fingerprint density at radius 3 is 2.89 bits per heavy atom. The van der Waals surface area contributed by atoms with Crippen LogP contribution >= 0.6 is 0 Å². The molecule has 28 heavy (non-hydrogen) atoms. The standard InChI is InChI=1S/C19H26N4O5/c1-11-9-13(16-12(2)22-28-19(16)20-11)18(25)21-14-3-6-27-15(17(14)24)10-23-4-7-26-8-5-23/h9,14-15,17,24H,3-8,10H2,1-2H3,(H,21,25)/t14-,15+,17-/m0/s1. The molecule has 3 atom stereocenters. The van der Waals surface area contributed by atoms with Crippen molar-refractivity contribution in [1.29, 1.82) is 0 Å². The number of hydrogen-bond acceptors (Lipinski definition) is 8. The number of nitrogens with zero attached hydrogens (tertiary/aromatic N) is 3. The molecule has 4 heterocycles. The fourth-order valence-corrected chi connectivity index (χ4v) is 3.87. The van der Waals surface area contributed by atoms with Gasteiger partial charge in [-0.05, 0) is 26.3 Å². The van der Waals surface area contributed by atoms with Gasteiger partial charge >= 0.3 is 0 Å². The second-order valence-corrected chi connectivity index (χ2v) is 7.44. The number of nitrogens with one attached hydrogen (secondary N) is 1. The Balaban J connectivity index is 1.47. The molecule has 9 nitrogen and oxygen atoms in total. The molecule has 2 aliphatic rings. The molecule has 2 aromatic heterocycles. The lowest BCUT2D eigenvalue weighted by atomic mass is 9.98. The van der Waals surface area contributed by atoms with E-state index >= 15 is 0 Å². The van der Waals surface area contributed by atoms with E-state index in [1.54, 1.807) is 19.9 Å². The minimum Gasteiger partial charge on any atom is -0.388 e. The molecule has 0 radical (unpaired) electrons. The lowest BCUT2D eigenvalue weighted by molar-refractivity contribution is -0.106. The second kappa shape index (κ2) is 8.12. The average molecular weight is 390 g/mol. The molecular formula is C19H26N4O5. The molecule has 152 valence electrons. The Labute approximate surface area is 163 Å². The summed E-state index contributed by atoms with van der Waals surface area (Å²) in [5.74, 6) is -0.266. The summed E-state index contributed by atoms with van der Waals surface area (Å²) in [4.78, 5) is 19.5. The molecule has 2 N–H and O–H groups in total. The SMILES string of the molecule is Cc1cc(C(=O)N[C@H]2CCO[C@H](CN3CCOCC3)[C@H]2O)c2c(C)noc2n1. The van der Waals surface area contributed by atoms with Crippen molar-refractivity contribution < 1.29 is 23.9 Å². The molecule has 2 saturated heterocycles. The van der Waals surface area contributed by atoms with E-state index in [2.05, 4.69) is 20.4 Å². The molecule has 9 heteroatoms. The van der Waals surface area contributed by atoms with E-state index in [9.17, 15) is 9.90 Å². The molecule has 0 spiro atoms. The highest BCUT2D eigenvalue weighted by atomic mass is 16.5. The number of carbonyl (C=O) groups is 1. The van der Waals surface area contributed by atoms with Gasteiger partial charge < -0.3 is 24.4 Å². The van der Waals surface area contributed by atoms with Crippen LogP contribution in [0, 0.1) is 13.8 Å². The number of carbonyl (C=O) groups excluding carboxylic acids is 1. The molecule has 0 bridgehead atoms. The van der Waals surface area contributed by atoms with Gasteiger partial charge in [0.05, 0.1) is 42.0 Å². The van der Waals surface area contributed by atoms with Crippen LogP contribution in [-0.4, -0.2) is 83.8 Å². The number of aliphatic hydroxyl groups is 1. The number of pyridine rings is 1. The predicted octanol–water partition coefficient (Wildman–Crippen LogP) is 0.420. The summed E-state index contributed by atoms with van der Waals surface area (Å²) in [6.07, 6.45) is -0.557. The Hall–Kier alpha value is -2.07. The number of amides is 1. The van der Waals surface area contributed by atoms with Gasteiger partial charge in [0, 0.05) is 31.9 Å². The molecule has 4 rings (SSSR count). The molecule has 2 aromatic rings. The summed E-state index contributed by atoms with van der Waals surface area (Å²) in [5.41, 5.74) is 2.10. The van der Waals surface area contributed by atoms with Gasteiger partial charge in [0.2, 0.25) is 0 Å². The third-order valence-electron chi connectivity index (χ3n) is 5.40. The lowest BCUT2D eigenvalue weighted by Gasteiger charge is -2.38. The first-order valence-electron chi connectivity index (χ1n) is 9.67. The van der Waals surface area contributed by atoms with Crippen molar-refractivity contribution >= 4 is 17.0 Å². The number of rotatable bonds is 4. The monoisotopic (exact) mass is 390 g/mol. The van der Waals surface area contributed by atoms with Gasteiger partial charge in [-0.3, -0.25) is 9.69 Å². The van der Waals surface area contributed by atoms with E-state index in [-0.39, 0.29) is 18.1 Å². The number of aromatic nitrogens is 2. The Kier molecular flexibility index (Phi) is 5.58. The smallest absolute Gasteiger partial charge is 0.258 e. The normalized spacial score (nSPS) is 26.5. The number of ether oxygens (including phenoxy) is 2. The van der Waals surface area contributed by atoms with Crippen molar-refractivity contribution in [2.75, 3.05) is 39.5 Å². The van der Waals surface area contributed by atoms with Crippen molar-refractivity contribution in [1.82, 2.24) is 20.4 Å². The molecule has 0 aliphatic carbocycles. The van der Waals surface area contributed by atoms with Crippen LogP contribution in [0.15, 0.2) is 10.6 Å². The van der Waals surface area contributed by atoms with Gasteiger partial charge in [0.1, 0.15) is 6.10 Å². The Morgan fingerprint density at radius 2 is 2.11 bits per heavy atom. The second-order valence-electron chi connectivity index (χ2n) is 7.44. The van der Waals surface area contributed by atoms with Crippen LogP contribution in [-0.2, 0) is 9.47 Å². The highest BCUT2D eigenvalue weighted by molar-refractivity contribution is 6.06. The maximum Gasteiger partial charge on any atom is 0.258 e. The van der Waals surface area contributed by atoms with E-state index < -0.39 is 6.10 Å². The molecule has 0 aromatic carbocycles. The minimum atomic E-state index is -0.775. The van der Waals surface area contributed by atoms with Gasteiger partial charge in [-0.2, -0.15) is 0 Å². The van der Waals surface area contributed by atoms with Crippen molar-refractivity contribution in [3.8, 4) is 0 Å². The van der Waals surface area contributed by atoms with Gasteiger partial charge in [-0.15, -0.1) is 0 Å². The summed E-state index contributed by atoms with van der Waals surface area (Å²) < 4.78 is 16.4. The number of aryl methyl sites for hydroxylation is 2. The summed E-state index contributed by atoms with van der Waals surface area (Å²) in [6.45, 7) is 7.73. The van der Waals surface area contributed by atoms with Crippen LogP contribution in [0.25, 0.3) is 11.1 Å². The Bertz CT molecular complexity index is 848. The van der Waals surface area contributed by atoms with Crippen molar-refractivity contribution in [3.63, 3.8) is 0 Å². The zero-order valence-corrected chi connectivity index (χ0v) is 16.2. The summed E-state index contributed by atoms with van der Waals surface area (Å²) in [5, 5.41) is 18.3. The van der Waals surface area contributed by atoms with Gasteiger partial charge in [0.25, 0.3) is 11.6 Å². The number of aliphatic hydroxyl groups excluding tert-OH is 1. The highest BCUT2D eigenvalue weighted by Gasteiger charge is 2.35. The topological polar surface area (TPSA) is 110 Å². The van der Waals surface area contributed by atoms with E-state index in [1.165, 1.54) is 0 Å². The maximum atomic E-state index is 13.0. The maximum absolute atomic E-state index is 13.0. The number of fused-ring (bicyclic) bond motifs is 1. The zero-order valence-electron chi connectivity index (χ0n) is 16.2. The van der Waals surface area contributed by atoms with E-state index in [0.717, 1.165) is 13.1 Å². The lowest BCUT2D eigenvalue weighted by Crippen LogP contribution is -2.56. The largest absolute Gasteiger partial charge is 0.388 e.